The number of nitrogens with one attached hydrogen (secondary N) is 1. The highest BCUT2D eigenvalue weighted by atomic mass is 32.1. The van der Waals surface area contributed by atoms with Crippen molar-refractivity contribution in [2.45, 2.75) is 45.8 Å². The molecule has 6 heteroatoms. The minimum absolute atomic E-state index is 0.0240. The van der Waals surface area contributed by atoms with E-state index in [2.05, 4.69) is 5.32 Å². The number of carbonyl (C=O) groups excluding carboxylic acids is 2. The molecule has 2 aromatic rings. The van der Waals surface area contributed by atoms with Gasteiger partial charge in [0.15, 0.2) is 0 Å². The largest absolute Gasteiger partial charge is 0.367 e. The fourth-order valence-corrected chi connectivity index (χ4v) is 4.71. The van der Waals surface area contributed by atoms with Gasteiger partial charge in [-0.25, -0.2) is 0 Å². The van der Waals surface area contributed by atoms with Crippen LogP contribution in [-0.4, -0.2) is 35.9 Å². The lowest BCUT2D eigenvalue weighted by molar-refractivity contribution is -0.117. The molecular weight excluding hydrogens is 372 g/mol. The molecule has 28 heavy (non-hydrogen) atoms. The van der Waals surface area contributed by atoms with Crippen LogP contribution in [-0.2, 0) is 9.53 Å². The SMILES string of the molecule is Cc1sc(NC(=O)C2CC2)c(C(=O)N2C[C@@H](C)O[C@H](c3ccccc3)C2)c1C. The van der Waals surface area contributed by atoms with Crippen LogP contribution in [0.2, 0.25) is 0 Å². The Morgan fingerprint density at radius 2 is 1.86 bits per heavy atom. The minimum Gasteiger partial charge on any atom is -0.367 e. The van der Waals surface area contributed by atoms with Crippen molar-refractivity contribution in [1.82, 2.24) is 4.90 Å². The molecule has 1 aromatic heterocycles. The number of amides is 2. The lowest BCUT2D eigenvalue weighted by Crippen LogP contribution is -2.46. The molecule has 1 aliphatic heterocycles. The Labute approximate surface area is 169 Å². The number of hydrogen-bond donors (Lipinski definition) is 1. The molecule has 1 aromatic carbocycles. The first-order chi connectivity index (χ1) is 13.4. The van der Waals surface area contributed by atoms with Gasteiger partial charge >= 0.3 is 0 Å². The van der Waals surface area contributed by atoms with Gasteiger partial charge in [0.1, 0.15) is 11.1 Å². The van der Waals surface area contributed by atoms with Gasteiger partial charge in [0.05, 0.1) is 18.2 Å². The second kappa shape index (κ2) is 7.68. The topological polar surface area (TPSA) is 58.6 Å². The maximum absolute atomic E-state index is 13.5. The standard InChI is InChI=1S/C22H26N2O3S/c1-13-11-24(12-18(27-13)16-7-5-4-6-8-16)22(26)19-14(2)15(3)28-21(19)23-20(25)17-9-10-17/h4-8,13,17-18H,9-12H2,1-3H3,(H,23,25)/t13-,18+/m1/s1. The van der Waals surface area contributed by atoms with Crippen LogP contribution in [0.4, 0.5) is 5.00 Å². The average molecular weight is 399 g/mol. The van der Waals surface area contributed by atoms with E-state index in [1.54, 1.807) is 0 Å². The predicted octanol–water partition coefficient (Wildman–Crippen LogP) is 4.32. The molecule has 0 spiro atoms. The summed E-state index contributed by atoms with van der Waals surface area (Å²) in [5.74, 6) is 0.119. The van der Waals surface area contributed by atoms with Crippen molar-refractivity contribution in [3.8, 4) is 0 Å². The Kier molecular flexibility index (Phi) is 5.25. The van der Waals surface area contributed by atoms with E-state index in [0.717, 1.165) is 28.8 Å². The van der Waals surface area contributed by atoms with E-state index >= 15 is 0 Å². The highest BCUT2D eigenvalue weighted by Gasteiger charge is 2.34. The summed E-state index contributed by atoms with van der Waals surface area (Å²) < 4.78 is 6.10. The van der Waals surface area contributed by atoms with E-state index in [-0.39, 0.29) is 29.9 Å². The van der Waals surface area contributed by atoms with Crippen molar-refractivity contribution in [2.24, 2.45) is 5.92 Å². The highest BCUT2D eigenvalue weighted by Crippen LogP contribution is 2.37. The Morgan fingerprint density at radius 1 is 1.14 bits per heavy atom. The van der Waals surface area contributed by atoms with Crippen LogP contribution in [0.1, 0.15) is 52.2 Å². The average Bonchev–Trinajstić information content (AvgIpc) is 3.49. The molecule has 2 heterocycles. The monoisotopic (exact) mass is 398 g/mol. The number of anilines is 1. The number of aryl methyl sites for hydroxylation is 1. The number of morpholine rings is 1. The molecule has 0 unspecified atom stereocenters. The second-order valence-corrected chi connectivity index (χ2v) is 9.03. The van der Waals surface area contributed by atoms with Crippen LogP contribution in [0.5, 0.6) is 0 Å². The molecule has 1 aliphatic carbocycles. The van der Waals surface area contributed by atoms with Crippen molar-refractivity contribution in [2.75, 3.05) is 18.4 Å². The third kappa shape index (κ3) is 3.84. The summed E-state index contributed by atoms with van der Waals surface area (Å²) in [5.41, 5.74) is 2.67. The summed E-state index contributed by atoms with van der Waals surface area (Å²) in [7, 11) is 0. The Bertz CT molecular complexity index is 889. The van der Waals surface area contributed by atoms with Gasteiger partial charge in [-0.2, -0.15) is 0 Å². The molecule has 2 fully saturated rings. The second-order valence-electron chi connectivity index (χ2n) is 7.81. The van der Waals surface area contributed by atoms with E-state index in [4.69, 9.17) is 4.74 Å². The molecule has 2 atom stereocenters. The number of hydrogen-bond acceptors (Lipinski definition) is 4. The van der Waals surface area contributed by atoms with E-state index in [0.29, 0.717) is 23.7 Å². The summed E-state index contributed by atoms with van der Waals surface area (Å²) in [5, 5.41) is 3.70. The fourth-order valence-electron chi connectivity index (χ4n) is 3.66. The predicted molar refractivity (Wildman–Crippen MR) is 111 cm³/mol. The maximum atomic E-state index is 13.5. The first kappa shape index (κ1) is 19.2. The van der Waals surface area contributed by atoms with E-state index in [1.807, 2.05) is 56.0 Å². The summed E-state index contributed by atoms with van der Waals surface area (Å²) >= 11 is 1.49. The number of benzene rings is 1. The van der Waals surface area contributed by atoms with Gasteiger partial charge in [0.25, 0.3) is 5.91 Å². The van der Waals surface area contributed by atoms with Crippen molar-refractivity contribution in [1.29, 1.82) is 0 Å². The number of rotatable bonds is 4. The van der Waals surface area contributed by atoms with Gasteiger partial charge in [-0.1, -0.05) is 30.3 Å². The van der Waals surface area contributed by atoms with Gasteiger partial charge in [-0.05, 0) is 44.7 Å². The fraction of sp³-hybridized carbons (Fsp3) is 0.455. The van der Waals surface area contributed by atoms with Crippen LogP contribution in [0, 0.1) is 19.8 Å². The molecule has 1 N–H and O–H groups in total. The molecular formula is C22H26N2O3S. The normalized spacial score (nSPS) is 22.2. The molecule has 0 bridgehead atoms. The van der Waals surface area contributed by atoms with E-state index in [1.165, 1.54) is 11.3 Å². The molecule has 1 saturated carbocycles. The lowest BCUT2D eigenvalue weighted by atomic mass is 10.0. The van der Waals surface area contributed by atoms with Crippen molar-refractivity contribution >= 4 is 28.2 Å². The van der Waals surface area contributed by atoms with Gasteiger partial charge in [0, 0.05) is 17.3 Å². The van der Waals surface area contributed by atoms with Crippen molar-refractivity contribution < 1.29 is 14.3 Å². The molecule has 4 rings (SSSR count). The number of ether oxygens (including phenoxy) is 1. The molecule has 1 saturated heterocycles. The zero-order valence-corrected chi connectivity index (χ0v) is 17.3. The van der Waals surface area contributed by atoms with Crippen molar-refractivity contribution in [3.05, 3.63) is 51.9 Å². The number of nitrogens with zero attached hydrogens (tertiary/aromatic N) is 1. The molecule has 2 amide bonds. The van der Waals surface area contributed by atoms with Crippen LogP contribution in [0.15, 0.2) is 30.3 Å². The first-order valence-electron chi connectivity index (χ1n) is 9.84. The maximum Gasteiger partial charge on any atom is 0.257 e. The summed E-state index contributed by atoms with van der Waals surface area (Å²) in [6, 6.07) is 10.0. The van der Waals surface area contributed by atoms with Gasteiger partial charge in [-0.3, -0.25) is 9.59 Å². The summed E-state index contributed by atoms with van der Waals surface area (Å²) in [4.78, 5) is 28.7. The summed E-state index contributed by atoms with van der Waals surface area (Å²) in [6.07, 6.45) is 1.70. The molecule has 2 aliphatic rings. The van der Waals surface area contributed by atoms with Crippen molar-refractivity contribution in [3.63, 3.8) is 0 Å². The van der Waals surface area contributed by atoms with Crippen LogP contribution >= 0.6 is 11.3 Å². The molecule has 5 nitrogen and oxygen atoms in total. The smallest absolute Gasteiger partial charge is 0.257 e. The molecule has 148 valence electrons. The van der Waals surface area contributed by atoms with Crippen LogP contribution in [0.25, 0.3) is 0 Å². The van der Waals surface area contributed by atoms with Crippen LogP contribution in [0.3, 0.4) is 0 Å². The van der Waals surface area contributed by atoms with Gasteiger partial charge in [0.2, 0.25) is 5.91 Å². The molecule has 0 radical (unpaired) electrons. The van der Waals surface area contributed by atoms with Gasteiger partial charge in [-0.15, -0.1) is 11.3 Å². The van der Waals surface area contributed by atoms with E-state index in [9.17, 15) is 9.59 Å². The quantitative estimate of drug-likeness (QED) is 0.835. The zero-order chi connectivity index (χ0) is 19.8. The van der Waals surface area contributed by atoms with Gasteiger partial charge < -0.3 is 15.0 Å². The van der Waals surface area contributed by atoms with Crippen LogP contribution < -0.4 is 5.32 Å². The Balaban J connectivity index is 1.58. The third-order valence-corrected chi connectivity index (χ3v) is 6.63. The summed E-state index contributed by atoms with van der Waals surface area (Å²) in [6.45, 7) is 7.02. The Hall–Kier alpha value is -2.18. The Morgan fingerprint density at radius 3 is 2.54 bits per heavy atom. The van der Waals surface area contributed by atoms with E-state index < -0.39 is 0 Å². The number of thiophene rings is 1. The minimum atomic E-state index is -0.140. The lowest BCUT2D eigenvalue weighted by Gasteiger charge is -2.37. The zero-order valence-electron chi connectivity index (χ0n) is 16.5. The number of carbonyl (C=O) groups is 2. The first-order valence-corrected chi connectivity index (χ1v) is 10.7. The third-order valence-electron chi connectivity index (χ3n) is 5.50. The highest BCUT2D eigenvalue weighted by molar-refractivity contribution is 7.16.